The van der Waals surface area contributed by atoms with Crippen molar-refractivity contribution < 1.29 is 9.47 Å². The highest BCUT2D eigenvalue weighted by molar-refractivity contribution is 14.0. The first-order valence-electron chi connectivity index (χ1n) is 10.8. The summed E-state index contributed by atoms with van der Waals surface area (Å²) in [5.41, 5.74) is 1.22. The fourth-order valence-electron chi connectivity index (χ4n) is 3.17. The van der Waals surface area contributed by atoms with Crippen LogP contribution in [0, 0.1) is 0 Å². The lowest BCUT2D eigenvalue weighted by Gasteiger charge is -2.26. The zero-order chi connectivity index (χ0) is 19.9. The molecule has 2 N–H and O–H groups in total. The molecule has 0 bridgehead atoms. The molecule has 0 saturated carbocycles. The zero-order valence-corrected chi connectivity index (χ0v) is 20.4. The lowest BCUT2D eigenvalue weighted by molar-refractivity contribution is 0.0372. The van der Waals surface area contributed by atoms with E-state index in [-0.39, 0.29) is 30.1 Å². The van der Waals surface area contributed by atoms with E-state index in [9.17, 15) is 0 Å². The average Bonchev–Trinajstić information content (AvgIpc) is 2.74. The van der Waals surface area contributed by atoms with Crippen molar-refractivity contribution in [2.24, 2.45) is 4.99 Å². The van der Waals surface area contributed by atoms with Crippen LogP contribution in [0.3, 0.4) is 0 Å². The SMILES string of the molecule is CCNC(=NCCCOC(C)c1ccccc1)NCCCCN1CCOCC1.I. The maximum Gasteiger partial charge on any atom is 0.191 e. The van der Waals surface area contributed by atoms with Crippen LogP contribution in [0.5, 0.6) is 0 Å². The molecule has 0 amide bonds. The first-order valence-corrected chi connectivity index (χ1v) is 10.8. The Kier molecular flexibility index (Phi) is 15.2. The fraction of sp³-hybridized carbons (Fsp3) is 0.682. The van der Waals surface area contributed by atoms with Gasteiger partial charge in [0.2, 0.25) is 0 Å². The van der Waals surface area contributed by atoms with Crippen molar-refractivity contribution >= 4 is 29.9 Å². The van der Waals surface area contributed by atoms with Crippen LogP contribution in [0.25, 0.3) is 0 Å². The van der Waals surface area contributed by atoms with Gasteiger partial charge in [-0.05, 0) is 45.2 Å². The Hall–Kier alpha value is -0.900. The van der Waals surface area contributed by atoms with Crippen molar-refractivity contribution in [2.45, 2.75) is 39.2 Å². The van der Waals surface area contributed by atoms with Gasteiger partial charge >= 0.3 is 0 Å². The summed E-state index contributed by atoms with van der Waals surface area (Å²) >= 11 is 0. The lowest BCUT2D eigenvalue weighted by atomic mass is 10.1. The molecule has 7 heteroatoms. The molecule has 1 aromatic rings. The zero-order valence-electron chi connectivity index (χ0n) is 18.1. The van der Waals surface area contributed by atoms with Gasteiger partial charge in [0.1, 0.15) is 0 Å². The number of morpholine rings is 1. The van der Waals surface area contributed by atoms with E-state index in [0.717, 1.165) is 77.9 Å². The second kappa shape index (κ2) is 16.8. The van der Waals surface area contributed by atoms with Crippen molar-refractivity contribution in [3.8, 4) is 0 Å². The van der Waals surface area contributed by atoms with Gasteiger partial charge in [-0.2, -0.15) is 0 Å². The largest absolute Gasteiger partial charge is 0.379 e. The molecule has 1 atom stereocenters. The van der Waals surface area contributed by atoms with Crippen LogP contribution >= 0.6 is 24.0 Å². The fourth-order valence-corrected chi connectivity index (χ4v) is 3.17. The summed E-state index contributed by atoms with van der Waals surface area (Å²) in [6.07, 6.45) is 3.41. The summed E-state index contributed by atoms with van der Waals surface area (Å²) < 4.78 is 11.3. The number of hydrogen-bond donors (Lipinski definition) is 2. The van der Waals surface area contributed by atoms with E-state index in [1.54, 1.807) is 0 Å². The first kappa shape index (κ1) is 26.1. The third-order valence-corrected chi connectivity index (χ3v) is 4.85. The molecular weight excluding hydrogens is 479 g/mol. The maximum absolute atomic E-state index is 5.92. The van der Waals surface area contributed by atoms with Gasteiger partial charge in [0.05, 0.1) is 19.3 Å². The molecule has 1 aliphatic rings. The number of hydrogen-bond acceptors (Lipinski definition) is 4. The molecule has 1 saturated heterocycles. The number of halogens is 1. The molecule has 1 aromatic carbocycles. The van der Waals surface area contributed by atoms with Crippen molar-refractivity contribution in [3.05, 3.63) is 35.9 Å². The van der Waals surface area contributed by atoms with Crippen LogP contribution in [0.2, 0.25) is 0 Å². The molecule has 166 valence electrons. The number of benzene rings is 1. The van der Waals surface area contributed by atoms with Gasteiger partial charge in [0.15, 0.2) is 5.96 Å². The summed E-state index contributed by atoms with van der Waals surface area (Å²) in [5, 5.41) is 6.76. The Bertz CT molecular complexity index is 539. The number of ether oxygens (including phenoxy) is 2. The number of aliphatic imine (C=N–C) groups is 1. The second-order valence-corrected chi connectivity index (χ2v) is 7.13. The monoisotopic (exact) mass is 518 g/mol. The van der Waals surface area contributed by atoms with Gasteiger partial charge in [0.25, 0.3) is 0 Å². The molecule has 2 rings (SSSR count). The Labute approximate surface area is 193 Å². The number of nitrogens with zero attached hydrogens (tertiary/aromatic N) is 2. The standard InChI is InChI=1S/C22H38N4O2.HI/c1-3-23-22(24-12-7-8-14-26-15-18-27-19-16-26)25-13-9-17-28-20(2)21-10-5-4-6-11-21;/h4-6,10-11,20H,3,7-9,12-19H2,1-2H3,(H2,23,24,25);1H. The van der Waals surface area contributed by atoms with E-state index >= 15 is 0 Å². The van der Waals surface area contributed by atoms with Gasteiger partial charge in [-0.25, -0.2) is 0 Å². The molecule has 6 nitrogen and oxygen atoms in total. The topological polar surface area (TPSA) is 58.1 Å². The molecule has 0 aliphatic carbocycles. The molecule has 29 heavy (non-hydrogen) atoms. The van der Waals surface area contributed by atoms with Crippen LogP contribution in [-0.2, 0) is 9.47 Å². The number of guanidine groups is 1. The predicted octanol–water partition coefficient (Wildman–Crippen LogP) is 3.44. The minimum Gasteiger partial charge on any atom is -0.379 e. The first-order chi connectivity index (χ1) is 13.8. The predicted molar refractivity (Wildman–Crippen MR) is 131 cm³/mol. The number of rotatable bonds is 12. The van der Waals surface area contributed by atoms with Gasteiger partial charge in [0, 0.05) is 39.3 Å². The average molecular weight is 518 g/mol. The summed E-state index contributed by atoms with van der Waals surface area (Å²) in [6, 6.07) is 10.3. The van der Waals surface area contributed by atoms with Crippen LogP contribution in [0.1, 0.15) is 44.8 Å². The van der Waals surface area contributed by atoms with Crippen molar-refractivity contribution in [2.75, 3.05) is 59.1 Å². The minimum atomic E-state index is 0. The third-order valence-electron chi connectivity index (χ3n) is 4.85. The molecule has 1 fully saturated rings. The molecule has 0 spiro atoms. The highest BCUT2D eigenvalue weighted by Gasteiger charge is 2.09. The normalized spacial score (nSPS) is 16.1. The van der Waals surface area contributed by atoms with Crippen molar-refractivity contribution in [3.63, 3.8) is 0 Å². The van der Waals surface area contributed by atoms with E-state index in [1.807, 2.05) is 6.07 Å². The Balaban J connectivity index is 0.00000420. The summed E-state index contributed by atoms with van der Waals surface area (Å²) in [6.45, 7) is 12.6. The van der Waals surface area contributed by atoms with E-state index < -0.39 is 0 Å². The van der Waals surface area contributed by atoms with Crippen molar-refractivity contribution in [1.29, 1.82) is 0 Å². The number of nitrogens with one attached hydrogen (secondary N) is 2. The van der Waals surface area contributed by atoms with Gasteiger partial charge in [-0.15, -0.1) is 24.0 Å². The van der Waals surface area contributed by atoms with Gasteiger partial charge in [-0.1, -0.05) is 30.3 Å². The minimum absolute atomic E-state index is 0. The molecule has 1 aliphatic heterocycles. The molecular formula is C22H39IN4O2. The summed E-state index contributed by atoms with van der Waals surface area (Å²) in [5.74, 6) is 0.907. The highest BCUT2D eigenvalue weighted by Crippen LogP contribution is 2.15. The lowest BCUT2D eigenvalue weighted by Crippen LogP contribution is -2.39. The van der Waals surface area contributed by atoms with E-state index in [1.165, 1.54) is 12.0 Å². The molecule has 1 unspecified atom stereocenters. The van der Waals surface area contributed by atoms with Crippen LogP contribution in [-0.4, -0.2) is 69.9 Å². The Morgan fingerprint density at radius 1 is 1.14 bits per heavy atom. The van der Waals surface area contributed by atoms with E-state index in [0.29, 0.717) is 0 Å². The van der Waals surface area contributed by atoms with Crippen LogP contribution < -0.4 is 10.6 Å². The molecule has 1 heterocycles. The van der Waals surface area contributed by atoms with E-state index in [4.69, 9.17) is 9.47 Å². The Morgan fingerprint density at radius 2 is 1.90 bits per heavy atom. The summed E-state index contributed by atoms with van der Waals surface area (Å²) in [7, 11) is 0. The van der Waals surface area contributed by atoms with Gasteiger partial charge < -0.3 is 20.1 Å². The van der Waals surface area contributed by atoms with Crippen molar-refractivity contribution in [1.82, 2.24) is 15.5 Å². The number of unbranched alkanes of at least 4 members (excludes halogenated alkanes) is 1. The van der Waals surface area contributed by atoms with Gasteiger partial charge in [-0.3, -0.25) is 9.89 Å². The van der Waals surface area contributed by atoms with Crippen LogP contribution in [0.15, 0.2) is 35.3 Å². The summed E-state index contributed by atoms with van der Waals surface area (Å²) in [4.78, 5) is 7.14. The second-order valence-electron chi connectivity index (χ2n) is 7.13. The highest BCUT2D eigenvalue weighted by atomic mass is 127. The quantitative estimate of drug-likeness (QED) is 0.192. The maximum atomic E-state index is 5.92. The molecule has 0 radical (unpaired) electrons. The molecule has 0 aromatic heterocycles. The Morgan fingerprint density at radius 3 is 2.62 bits per heavy atom. The smallest absolute Gasteiger partial charge is 0.191 e. The van der Waals surface area contributed by atoms with E-state index in [2.05, 4.69) is 58.6 Å². The third kappa shape index (κ3) is 11.8. The van der Waals surface area contributed by atoms with Crippen LogP contribution in [0.4, 0.5) is 0 Å².